The lowest BCUT2D eigenvalue weighted by atomic mass is 11.0. The fraction of sp³-hybridized carbons (Fsp3) is 1.00. The molecule has 0 rings (SSSR count). The van der Waals surface area contributed by atoms with Crippen molar-refractivity contribution in [3.8, 4) is 0 Å². The summed E-state index contributed by atoms with van der Waals surface area (Å²) < 4.78 is -0.851. The molecule has 0 amide bonds. The average Bonchev–Trinajstić information content (AvgIpc) is 1.68. The minimum Gasteiger partial charge on any atom is -0.0864 e. The predicted octanol–water partition coefficient (Wildman–Crippen LogP) is 2.86. The maximum Gasteiger partial charge on any atom is 0.0124 e. The molecule has 0 bridgehead atoms. The van der Waals surface area contributed by atoms with E-state index in [1.165, 1.54) is 12.3 Å². The first-order valence-corrected chi connectivity index (χ1v) is 8.36. The Balaban J connectivity index is 3.61. The summed E-state index contributed by atoms with van der Waals surface area (Å²) in [7, 11) is 0. The minimum atomic E-state index is -0.851. The molecule has 0 heterocycles. The Morgan fingerprint density at radius 3 is 1.71 bits per heavy atom. The Morgan fingerprint density at radius 1 is 1.43 bits per heavy atom. The Hall–Kier alpha value is 1.38. The summed E-state index contributed by atoms with van der Waals surface area (Å²) in [5.74, 6) is 0. The highest BCUT2D eigenvalue weighted by Gasteiger charge is 2.02. The van der Waals surface area contributed by atoms with Gasteiger partial charge in [-0.05, 0) is 34.4 Å². The topological polar surface area (TPSA) is 0 Å². The quantitative estimate of drug-likeness (QED) is 0.534. The van der Waals surface area contributed by atoms with Gasteiger partial charge in [0.1, 0.15) is 0 Å². The molecular weight excluding hydrogens is 238 g/mol. The van der Waals surface area contributed by atoms with Gasteiger partial charge < -0.3 is 0 Å². The van der Waals surface area contributed by atoms with Crippen LogP contribution in [0.1, 0.15) is 13.8 Å². The zero-order valence-corrected chi connectivity index (χ0v) is 8.52. The van der Waals surface area contributed by atoms with Crippen molar-refractivity contribution in [1.82, 2.24) is 0 Å². The summed E-state index contributed by atoms with van der Waals surface area (Å²) in [4.78, 5) is 0. The van der Waals surface area contributed by atoms with Gasteiger partial charge in [-0.1, -0.05) is 25.7 Å². The number of rotatable bonds is 2. The van der Waals surface area contributed by atoms with Crippen molar-refractivity contribution in [3.05, 3.63) is 0 Å². The molecule has 0 nitrogen and oxygen atoms in total. The first-order valence-electron chi connectivity index (χ1n) is 2.40. The molecule has 44 valence electrons. The second-order valence-electron chi connectivity index (χ2n) is 1.42. The molecule has 0 aromatic carbocycles. The van der Waals surface area contributed by atoms with E-state index in [9.17, 15) is 0 Å². The van der Waals surface area contributed by atoms with Crippen molar-refractivity contribution >= 4 is 37.5 Å². The molecule has 0 aromatic heterocycles. The van der Waals surface area contributed by atoms with Crippen LogP contribution in [0.25, 0.3) is 0 Å². The van der Waals surface area contributed by atoms with Gasteiger partial charge in [-0.25, -0.2) is 0 Å². The second kappa shape index (κ2) is 3.41. The van der Waals surface area contributed by atoms with E-state index >= 15 is 0 Å². The highest BCUT2D eigenvalue weighted by molar-refractivity contribution is 14.2. The zero-order valence-electron chi connectivity index (χ0n) is 4.65. The molecule has 0 aliphatic carbocycles. The van der Waals surface area contributed by atoms with Crippen molar-refractivity contribution in [3.63, 3.8) is 0 Å². The smallest absolute Gasteiger partial charge is 0.0124 e. The molecule has 0 spiro atoms. The Labute approximate surface area is 63.6 Å². The summed E-state index contributed by atoms with van der Waals surface area (Å²) in [6.45, 7) is 4.35. The van der Waals surface area contributed by atoms with Crippen LogP contribution in [-0.2, 0) is 11.8 Å². The molecule has 0 aromatic rings. The van der Waals surface area contributed by atoms with Gasteiger partial charge in [0.2, 0.25) is 0 Å². The minimum absolute atomic E-state index is 0.851. The summed E-state index contributed by atoms with van der Waals surface area (Å²) in [5, 5.41) is 0. The summed E-state index contributed by atoms with van der Waals surface area (Å²) in [6, 6.07) is 0. The van der Waals surface area contributed by atoms with Crippen LogP contribution >= 0.6 is 25.7 Å². The van der Waals surface area contributed by atoms with Crippen LogP contribution in [-0.4, -0.2) is 12.3 Å². The van der Waals surface area contributed by atoms with Crippen molar-refractivity contribution < 1.29 is 0 Å². The Kier molecular flexibility index (Phi) is 4.09. The van der Waals surface area contributed by atoms with Gasteiger partial charge in [0, 0.05) is 3.68 Å². The van der Waals surface area contributed by atoms with E-state index in [1.807, 2.05) is 0 Å². The number of hydrogen-bond donors (Lipinski definition) is 0. The van der Waals surface area contributed by atoms with Gasteiger partial charge in [-0.15, -0.1) is 0 Å². The van der Waals surface area contributed by atoms with Crippen LogP contribution in [0.5, 0.6) is 0 Å². The van der Waals surface area contributed by atoms with E-state index in [0.717, 1.165) is 0 Å². The fourth-order valence-electron chi connectivity index (χ4n) is 0.224. The highest BCUT2D eigenvalue weighted by atomic mass is 127. The first-order chi connectivity index (χ1) is 3.12. The van der Waals surface area contributed by atoms with Crippen LogP contribution in [0.4, 0.5) is 0 Å². The van der Waals surface area contributed by atoms with Crippen LogP contribution in [0.2, 0.25) is 0 Å². The number of halogens is 1. The normalized spacial score (nSPS) is 11.9. The lowest BCUT2D eigenvalue weighted by molar-refractivity contribution is 1.44. The highest BCUT2D eigenvalue weighted by Crippen LogP contribution is 2.53. The molecule has 7 heavy (non-hydrogen) atoms. The van der Waals surface area contributed by atoms with Gasteiger partial charge in [0.05, 0.1) is 0 Å². The summed E-state index contributed by atoms with van der Waals surface area (Å²) in [5.41, 5.74) is 0. The summed E-state index contributed by atoms with van der Waals surface area (Å²) >= 11 is 7.67. The maximum absolute atomic E-state index is 5.24. The van der Waals surface area contributed by atoms with Crippen LogP contribution in [0.15, 0.2) is 0 Å². The van der Waals surface area contributed by atoms with E-state index in [1.54, 1.807) is 0 Å². The molecule has 0 saturated carbocycles. The molecule has 0 saturated heterocycles. The standard InChI is InChI=1S/C4H10IPS/c1-3-6(5,7)4-2/h3-4H2,1-2H3. The van der Waals surface area contributed by atoms with Gasteiger partial charge >= 0.3 is 0 Å². The lowest BCUT2D eigenvalue weighted by Crippen LogP contribution is -1.75. The van der Waals surface area contributed by atoms with E-state index in [0.29, 0.717) is 0 Å². The zero-order chi connectivity index (χ0) is 5.91. The van der Waals surface area contributed by atoms with Crippen molar-refractivity contribution in [2.75, 3.05) is 12.3 Å². The van der Waals surface area contributed by atoms with Gasteiger partial charge in [0.25, 0.3) is 0 Å². The van der Waals surface area contributed by atoms with Crippen LogP contribution < -0.4 is 0 Å². The third-order valence-corrected chi connectivity index (χ3v) is 8.48. The third-order valence-electron chi connectivity index (χ3n) is 0.944. The average molecular weight is 248 g/mol. The number of hydrogen-bond acceptors (Lipinski definition) is 1. The van der Waals surface area contributed by atoms with Gasteiger partial charge in [-0.2, -0.15) is 0 Å². The second-order valence-corrected chi connectivity index (χ2v) is 13.9. The molecule has 0 aliphatic rings. The molecule has 0 unspecified atom stereocenters. The Bertz CT molecular complexity index is 83.7. The Morgan fingerprint density at radius 2 is 1.71 bits per heavy atom. The van der Waals surface area contributed by atoms with Crippen molar-refractivity contribution in [2.45, 2.75) is 13.8 Å². The van der Waals surface area contributed by atoms with E-state index < -0.39 is 3.68 Å². The van der Waals surface area contributed by atoms with Gasteiger partial charge in [0.15, 0.2) is 0 Å². The van der Waals surface area contributed by atoms with Gasteiger partial charge in [-0.3, -0.25) is 0 Å². The van der Waals surface area contributed by atoms with Crippen LogP contribution in [0.3, 0.4) is 0 Å². The largest absolute Gasteiger partial charge is 0.0864 e. The maximum atomic E-state index is 5.24. The molecular formula is C4H10IPS. The fourth-order valence-corrected chi connectivity index (χ4v) is 0.671. The first kappa shape index (κ1) is 8.38. The molecule has 3 heteroatoms. The predicted molar refractivity (Wildman–Crippen MR) is 49.4 cm³/mol. The van der Waals surface area contributed by atoms with Crippen LogP contribution in [0, 0.1) is 0 Å². The van der Waals surface area contributed by atoms with E-state index in [-0.39, 0.29) is 0 Å². The summed E-state index contributed by atoms with van der Waals surface area (Å²) in [6.07, 6.45) is 2.42. The molecule has 0 N–H and O–H groups in total. The monoisotopic (exact) mass is 248 g/mol. The molecule has 0 radical (unpaired) electrons. The molecule has 0 aliphatic heterocycles. The van der Waals surface area contributed by atoms with Crippen molar-refractivity contribution in [2.24, 2.45) is 0 Å². The molecule has 0 atom stereocenters. The van der Waals surface area contributed by atoms with E-state index in [2.05, 4.69) is 35.9 Å². The lowest BCUT2D eigenvalue weighted by Gasteiger charge is -2.05. The molecule has 0 fully saturated rings. The van der Waals surface area contributed by atoms with E-state index in [4.69, 9.17) is 11.8 Å². The SMILES string of the molecule is CCP(=S)(I)CC. The van der Waals surface area contributed by atoms with Crippen molar-refractivity contribution in [1.29, 1.82) is 0 Å². The third kappa shape index (κ3) is 3.92.